The summed E-state index contributed by atoms with van der Waals surface area (Å²) in [7, 11) is -4.45. The Labute approximate surface area is 120 Å². The number of aromatic nitrogens is 2. The van der Waals surface area contributed by atoms with Crippen molar-refractivity contribution in [2.24, 2.45) is 0 Å². The molecule has 1 heterocycles. The third-order valence-electron chi connectivity index (χ3n) is 2.52. The van der Waals surface area contributed by atoms with Crippen molar-refractivity contribution >= 4 is 15.7 Å². The molecule has 0 atom stereocenters. The van der Waals surface area contributed by atoms with Crippen molar-refractivity contribution in [3.63, 3.8) is 0 Å². The molecule has 0 aliphatic carbocycles. The van der Waals surface area contributed by atoms with Crippen molar-refractivity contribution in [2.45, 2.75) is 11.1 Å². The van der Waals surface area contributed by atoms with Gasteiger partial charge in [0.25, 0.3) is 15.6 Å². The molecule has 1 aromatic carbocycles. The van der Waals surface area contributed by atoms with Gasteiger partial charge in [0.1, 0.15) is 0 Å². The van der Waals surface area contributed by atoms with Gasteiger partial charge in [0.15, 0.2) is 4.90 Å². The largest absolute Gasteiger partial charge is 0.416 e. The van der Waals surface area contributed by atoms with Gasteiger partial charge >= 0.3 is 11.9 Å². The molecule has 11 heteroatoms. The molecule has 0 aliphatic rings. The van der Waals surface area contributed by atoms with Crippen LogP contribution < -0.4 is 16.0 Å². The molecule has 2 aromatic rings. The molecular weight excluding hydrogens is 327 g/mol. The van der Waals surface area contributed by atoms with Crippen molar-refractivity contribution in [3.05, 3.63) is 56.9 Å². The quantitative estimate of drug-likeness (QED) is 0.773. The van der Waals surface area contributed by atoms with E-state index in [1.807, 2.05) is 9.71 Å². The summed E-state index contributed by atoms with van der Waals surface area (Å²) in [5.74, 6) is 0. The molecule has 0 spiro atoms. The lowest BCUT2D eigenvalue weighted by Gasteiger charge is -2.10. The topological polar surface area (TPSA) is 112 Å². The molecule has 7 nitrogen and oxygen atoms in total. The highest BCUT2D eigenvalue weighted by Gasteiger charge is 2.31. The smallest absolute Gasteiger partial charge is 0.313 e. The third-order valence-corrected chi connectivity index (χ3v) is 3.90. The van der Waals surface area contributed by atoms with Gasteiger partial charge in [0.05, 0.1) is 5.56 Å². The Morgan fingerprint density at radius 3 is 2.41 bits per heavy atom. The molecule has 0 saturated heterocycles. The van der Waals surface area contributed by atoms with Gasteiger partial charge in [-0.25, -0.2) is 13.2 Å². The van der Waals surface area contributed by atoms with Crippen molar-refractivity contribution in [1.82, 2.24) is 9.97 Å². The lowest BCUT2D eigenvalue weighted by atomic mass is 10.2. The highest BCUT2D eigenvalue weighted by Crippen LogP contribution is 2.31. The van der Waals surface area contributed by atoms with Crippen LogP contribution in [0.4, 0.5) is 18.9 Å². The second-order valence-corrected chi connectivity index (χ2v) is 5.77. The van der Waals surface area contributed by atoms with Crippen LogP contribution in [0.15, 0.2) is 44.9 Å². The minimum atomic E-state index is -4.64. The van der Waals surface area contributed by atoms with E-state index in [1.54, 1.807) is 4.98 Å². The number of anilines is 1. The van der Waals surface area contributed by atoms with E-state index in [2.05, 4.69) is 0 Å². The van der Waals surface area contributed by atoms with Crippen molar-refractivity contribution in [1.29, 1.82) is 0 Å². The fraction of sp³-hybridized carbons (Fsp3) is 0.0909. The van der Waals surface area contributed by atoms with Crippen molar-refractivity contribution in [3.8, 4) is 0 Å². The van der Waals surface area contributed by atoms with Crippen LogP contribution in [0.3, 0.4) is 0 Å². The van der Waals surface area contributed by atoms with Crippen LogP contribution in [-0.2, 0) is 16.2 Å². The Kier molecular flexibility index (Phi) is 3.83. The van der Waals surface area contributed by atoms with Crippen molar-refractivity contribution in [2.75, 3.05) is 4.72 Å². The number of sulfonamides is 1. The predicted octanol–water partition coefficient (Wildman–Crippen LogP) is 0.883. The van der Waals surface area contributed by atoms with Gasteiger partial charge in [-0.3, -0.25) is 14.5 Å². The molecule has 22 heavy (non-hydrogen) atoms. The third kappa shape index (κ3) is 3.36. The molecule has 0 radical (unpaired) electrons. The average molecular weight is 335 g/mol. The number of nitrogens with one attached hydrogen (secondary N) is 3. The zero-order chi connectivity index (χ0) is 16.5. The minimum Gasteiger partial charge on any atom is -0.313 e. The van der Waals surface area contributed by atoms with Crippen LogP contribution >= 0.6 is 0 Å². The van der Waals surface area contributed by atoms with Crippen molar-refractivity contribution < 1.29 is 21.6 Å². The number of rotatable bonds is 3. The van der Waals surface area contributed by atoms with Gasteiger partial charge in [-0.2, -0.15) is 13.2 Å². The Morgan fingerprint density at radius 1 is 1.14 bits per heavy atom. The minimum absolute atomic E-state index is 0.375. The van der Waals surface area contributed by atoms with Gasteiger partial charge in [-0.15, -0.1) is 0 Å². The molecule has 0 saturated carbocycles. The summed E-state index contributed by atoms with van der Waals surface area (Å²) in [4.78, 5) is 25.1. The standard InChI is InChI=1S/C11H8F3N3O4S/c12-11(13,14)6-2-1-3-7(4-6)17-22(20,21)8-5-15-10(19)16-9(8)18/h1-5,17H,(H2,15,16,18,19). The summed E-state index contributed by atoms with van der Waals surface area (Å²) in [6, 6.07) is 3.45. The highest BCUT2D eigenvalue weighted by molar-refractivity contribution is 7.92. The van der Waals surface area contributed by atoms with Gasteiger partial charge in [0.2, 0.25) is 0 Å². The molecule has 0 amide bonds. The van der Waals surface area contributed by atoms with Gasteiger partial charge < -0.3 is 4.98 Å². The van der Waals surface area contributed by atoms with E-state index in [0.717, 1.165) is 18.2 Å². The maximum absolute atomic E-state index is 12.6. The Balaban J connectivity index is 2.41. The molecule has 0 fully saturated rings. The molecule has 0 unspecified atom stereocenters. The zero-order valence-corrected chi connectivity index (χ0v) is 11.4. The first-order chi connectivity index (χ1) is 10.1. The average Bonchev–Trinajstić information content (AvgIpc) is 2.36. The summed E-state index contributed by atoms with van der Waals surface area (Å²) < 4.78 is 63.4. The molecule has 0 bridgehead atoms. The summed E-state index contributed by atoms with van der Waals surface area (Å²) in [6.45, 7) is 0. The Bertz CT molecular complexity index is 915. The second kappa shape index (κ2) is 5.33. The number of halogens is 3. The fourth-order valence-electron chi connectivity index (χ4n) is 1.57. The number of hydrogen-bond donors (Lipinski definition) is 3. The predicted molar refractivity (Wildman–Crippen MR) is 69.9 cm³/mol. The first kappa shape index (κ1) is 15.8. The summed E-state index contributed by atoms with van der Waals surface area (Å²) in [5.41, 5.74) is -3.53. The summed E-state index contributed by atoms with van der Waals surface area (Å²) in [6.07, 6.45) is -3.99. The first-order valence-electron chi connectivity index (χ1n) is 5.62. The fourth-order valence-corrected chi connectivity index (χ4v) is 2.62. The highest BCUT2D eigenvalue weighted by atomic mass is 32.2. The monoisotopic (exact) mass is 335 g/mol. The Morgan fingerprint density at radius 2 is 1.82 bits per heavy atom. The maximum Gasteiger partial charge on any atom is 0.416 e. The van der Waals surface area contributed by atoms with Gasteiger partial charge in [-0.05, 0) is 18.2 Å². The zero-order valence-electron chi connectivity index (χ0n) is 10.6. The summed E-state index contributed by atoms with van der Waals surface area (Å²) in [5, 5.41) is 0. The van der Waals surface area contributed by atoms with E-state index in [1.165, 1.54) is 0 Å². The Hall–Kier alpha value is -2.56. The molecule has 118 valence electrons. The number of hydrogen-bond acceptors (Lipinski definition) is 4. The normalized spacial score (nSPS) is 12.1. The number of alkyl halides is 3. The van der Waals surface area contributed by atoms with Crippen LogP contribution in [-0.4, -0.2) is 18.4 Å². The molecule has 2 rings (SSSR count). The molecule has 0 aliphatic heterocycles. The molecular formula is C11H8F3N3O4S. The van der Waals surface area contributed by atoms with Gasteiger partial charge in [-0.1, -0.05) is 6.07 Å². The second-order valence-electron chi connectivity index (χ2n) is 4.12. The SMILES string of the molecule is O=c1[nH]cc(S(=O)(=O)Nc2cccc(C(F)(F)F)c2)c(=O)[nH]1. The number of aromatic amines is 2. The number of H-pyrrole nitrogens is 2. The van der Waals surface area contributed by atoms with Crippen LogP contribution in [0, 0.1) is 0 Å². The number of benzene rings is 1. The molecule has 3 N–H and O–H groups in total. The van der Waals surface area contributed by atoms with Crippen LogP contribution in [0.2, 0.25) is 0 Å². The van der Waals surface area contributed by atoms with E-state index in [-0.39, 0.29) is 5.69 Å². The van der Waals surface area contributed by atoms with E-state index in [4.69, 9.17) is 0 Å². The van der Waals surface area contributed by atoms with E-state index in [0.29, 0.717) is 12.3 Å². The maximum atomic E-state index is 12.6. The lowest BCUT2D eigenvalue weighted by molar-refractivity contribution is -0.137. The first-order valence-corrected chi connectivity index (χ1v) is 7.10. The van der Waals surface area contributed by atoms with Gasteiger partial charge in [0, 0.05) is 11.9 Å². The molecule has 1 aromatic heterocycles. The van der Waals surface area contributed by atoms with E-state index >= 15 is 0 Å². The van der Waals surface area contributed by atoms with Crippen LogP contribution in [0.1, 0.15) is 5.56 Å². The summed E-state index contributed by atoms with van der Waals surface area (Å²) >= 11 is 0. The van der Waals surface area contributed by atoms with E-state index < -0.39 is 37.9 Å². The van der Waals surface area contributed by atoms with E-state index in [9.17, 15) is 31.2 Å². The van der Waals surface area contributed by atoms with Crippen LogP contribution in [0.5, 0.6) is 0 Å². The van der Waals surface area contributed by atoms with Crippen LogP contribution in [0.25, 0.3) is 0 Å². The lowest BCUT2D eigenvalue weighted by Crippen LogP contribution is -2.29.